The molecular formula is C12H9ClFN3O. The fraction of sp³-hybridized carbons (Fsp3) is 0. The first-order valence-electron chi connectivity index (χ1n) is 5.04. The first-order valence-corrected chi connectivity index (χ1v) is 5.42. The molecule has 2 rings (SSSR count). The van der Waals surface area contributed by atoms with Gasteiger partial charge < -0.3 is 11.1 Å². The molecule has 6 heteroatoms. The quantitative estimate of drug-likeness (QED) is 0.821. The normalized spacial score (nSPS) is 10.1. The standard InChI is InChI=1S/C12H9ClFN3O/c13-11-10(5-8(15)6-16-11)12(18)17-9-3-1-7(14)2-4-9/h1-6H,15H2,(H,17,18). The van der Waals surface area contributed by atoms with Crippen LogP contribution in [0.3, 0.4) is 0 Å². The lowest BCUT2D eigenvalue weighted by molar-refractivity contribution is 0.102. The van der Waals surface area contributed by atoms with Gasteiger partial charge in [-0.05, 0) is 30.3 Å². The van der Waals surface area contributed by atoms with E-state index < -0.39 is 5.91 Å². The highest BCUT2D eigenvalue weighted by molar-refractivity contribution is 6.33. The summed E-state index contributed by atoms with van der Waals surface area (Å²) in [6.45, 7) is 0. The Kier molecular flexibility index (Phi) is 3.43. The van der Waals surface area contributed by atoms with Crippen molar-refractivity contribution in [1.82, 2.24) is 4.98 Å². The van der Waals surface area contributed by atoms with Crippen molar-refractivity contribution in [3.05, 3.63) is 53.1 Å². The molecule has 1 heterocycles. The lowest BCUT2D eigenvalue weighted by Gasteiger charge is -2.06. The fourth-order valence-corrected chi connectivity index (χ4v) is 1.54. The number of pyridine rings is 1. The van der Waals surface area contributed by atoms with Crippen LogP contribution in [0.15, 0.2) is 36.5 Å². The molecular weight excluding hydrogens is 257 g/mol. The van der Waals surface area contributed by atoms with E-state index in [-0.39, 0.29) is 16.5 Å². The van der Waals surface area contributed by atoms with Crippen LogP contribution in [0.4, 0.5) is 15.8 Å². The summed E-state index contributed by atoms with van der Waals surface area (Å²) >= 11 is 5.80. The summed E-state index contributed by atoms with van der Waals surface area (Å²) in [7, 11) is 0. The number of rotatable bonds is 2. The number of hydrogen-bond acceptors (Lipinski definition) is 3. The van der Waals surface area contributed by atoms with Gasteiger partial charge in [-0.3, -0.25) is 4.79 Å². The van der Waals surface area contributed by atoms with E-state index in [1.54, 1.807) is 0 Å². The molecule has 1 aromatic heterocycles. The Balaban J connectivity index is 2.21. The van der Waals surface area contributed by atoms with Crippen molar-refractivity contribution >= 4 is 28.9 Å². The van der Waals surface area contributed by atoms with Crippen LogP contribution in [0.25, 0.3) is 0 Å². The maximum atomic E-state index is 12.7. The van der Waals surface area contributed by atoms with E-state index in [9.17, 15) is 9.18 Å². The number of hydrogen-bond donors (Lipinski definition) is 2. The molecule has 0 spiro atoms. The number of benzene rings is 1. The van der Waals surface area contributed by atoms with Gasteiger partial charge in [0.2, 0.25) is 0 Å². The van der Waals surface area contributed by atoms with Gasteiger partial charge in [0.1, 0.15) is 11.0 Å². The van der Waals surface area contributed by atoms with Gasteiger partial charge in [0.05, 0.1) is 17.4 Å². The minimum absolute atomic E-state index is 0.0591. The zero-order chi connectivity index (χ0) is 13.1. The van der Waals surface area contributed by atoms with Gasteiger partial charge in [0, 0.05) is 5.69 Å². The van der Waals surface area contributed by atoms with E-state index in [1.165, 1.54) is 36.5 Å². The third kappa shape index (κ3) is 2.75. The Hall–Kier alpha value is -2.14. The van der Waals surface area contributed by atoms with Crippen LogP contribution in [-0.2, 0) is 0 Å². The third-order valence-corrected chi connectivity index (χ3v) is 2.51. The number of amides is 1. The monoisotopic (exact) mass is 265 g/mol. The van der Waals surface area contributed by atoms with Gasteiger partial charge in [-0.1, -0.05) is 11.6 Å². The van der Waals surface area contributed by atoms with Crippen LogP contribution in [0.5, 0.6) is 0 Å². The van der Waals surface area contributed by atoms with Crippen LogP contribution < -0.4 is 11.1 Å². The largest absolute Gasteiger partial charge is 0.397 e. The highest BCUT2D eigenvalue weighted by Crippen LogP contribution is 2.17. The Morgan fingerprint density at radius 3 is 2.67 bits per heavy atom. The lowest BCUT2D eigenvalue weighted by Crippen LogP contribution is -2.13. The SMILES string of the molecule is Nc1cnc(Cl)c(C(=O)Nc2ccc(F)cc2)c1. The topological polar surface area (TPSA) is 68.0 Å². The molecule has 2 aromatic rings. The average molecular weight is 266 g/mol. The zero-order valence-electron chi connectivity index (χ0n) is 9.15. The molecule has 0 aliphatic carbocycles. The molecule has 0 aliphatic rings. The summed E-state index contributed by atoms with van der Waals surface area (Å²) in [5.74, 6) is -0.830. The van der Waals surface area contributed by atoms with Gasteiger partial charge in [0.15, 0.2) is 0 Å². The Labute approximate surface area is 108 Å². The van der Waals surface area contributed by atoms with Crippen molar-refractivity contribution in [1.29, 1.82) is 0 Å². The summed E-state index contributed by atoms with van der Waals surface area (Å²) in [5.41, 5.74) is 6.49. The first kappa shape index (κ1) is 12.3. The molecule has 0 radical (unpaired) electrons. The van der Waals surface area contributed by atoms with E-state index in [1.807, 2.05) is 0 Å². The minimum Gasteiger partial charge on any atom is -0.397 e. The summed E-state index contributed by atoms with van der Waals surface area (Å²) in [6.07, 6.45) is 1.36. The lowest BCUT2D eigenvalue weighted by atomic mass is 10.2. The van der Waals surface area contributed by atoms with E-state index in [0.717, 1.165) is 0 Å². The van der Waals surface area contributed by atoms with Gasteiger partial charge in [-0.15, -0.1) is 0 Å². The molecule has 0 saturated carbocycles. The van der Waals surface area contributed by atoms with Crippen molar-refractivity contribution in [3.63, 3.8) is 0 Å². The predicted octanol–water partition coefficient (Wildman–Crippen LogP) is 2.71. The maximum absolute atomic E-state index is 12.7. The number of nitrogens with zero attached hydrogens (tertiary/aromatic N) is 1. The molecule has 0 unspecified atom stereocenters. The highest BCUT2D eigenvalue weighted by atomic mass is 35.5. The summed E-state index contributed by atoms with van der Waals surface area (Å²) in [6, 6.07) is 6.81. The number of aromatic nitrogens is 1. The second-order valence-electron chi connectivity index (χ2n) is 3.57. The van der Waals surface area contributed by atoms with Crippen molar-refractivity contribution < 1.29 is 9.18 Å². The van der Waals surface area contributed by atoms with E-state index in [2.05, 4.69) is 10.3 Å². The third-order valence-electron chi connectivity index (χ3n) is 2.21. The number of anilines is 2. The number of nitrogens with two attached hydrogens (primary N) is 1. The maximum Gasteiger partial charge on any atom is 0.258 e. The molecule has 3 N–H and O–H groups in total. The number of halogens is 2. The predicted molar refractivity (Wildman–Crippen MR) is 68.0 cm³/mol. The second-order valence-corrected chi connectivity index (χ2v) is 3.93. The van der Waals surface area contributed by atoms with Crippen LogP contribution in [0.2, 0.25) is 5.15 Å². The number of nitrogens with one attached hydrogen (secondary N) is 1. The molecule has 4 nitrogen and oxygen atoms in total. The van der Waals surface area contributed by atoms with Gasteiger partial charge >= 0.3 is 0 Å². The van der Waals surface area contributed by atoms with Crippen molar-refractivity contribution in [3.8, 4) is 0 Å². The molecule has 0 aliphatic heterocycles. The highest BCUT2D eigenvalue weighted by Gasteiger charge is 2.12. The first-order chi connectivity index (χ1) is 8.56. The summed E-state index contributed by atoms with van der Waals surface area (Å²) in [4.78, 5) is 15.7. The fourth-order valence-electron chi connectivity index (χ4n) is 1.36. The summed E-state index contributed by atoms with van der Waals surface area (Å²) in [5, 5.41) is 2.63. The van der Waals surface area contributed by atoms with E-state index in [4.69, 9.17) is 17.3 Å². The number of carbonyl (C=O) groups is 1. The van der Waals surface area contributed by atoms with E-state index >= 15 is 0 Å². The minimum atomic E-state index is -0.452. The average Bonchev–Trinajstić information content (AvgIpc) is 2.35. The molecule has 0 saturated heterocycles. The van der Waals surface area contributed by atoms with Crippen LogP contribution in [0.1, 0.15) is 10.4 Å². The van der Waals surface area contributed by atoms with Crippen LogP contribution in [0, 0.1) is 5.82 Å². The van der Waals surface area contributed by atoms with Crippen LogP contribution in [-0.4, -0.2) is 10.9 Å². The van der Waals surface area contributed by atoms with Crippen LogP contribution >= 0.6 is 11.6 Å². The van der Waals surface area contributed by atoms with Crippen molar-refractivity contribution in [2.75, 3.05) is 11.1 Å². The van der Waals surface area contributed by atoms with Gasteiger partial charge in [-0.25, -0.2) is 9.37 Å². The molecule has 1 aromatic carbocycles. The van der Waals surface area contributed by atoms with Crippen molar-refractivity contribution in [2.24, 2.45) is 0 Å². The molecule has 0 bridgehead atoms. The smallest absolute Gasteiger partial charge is 0.258 e. The summed E-state index contributed by atoms with van der Waals surface area (Å²) < 4.78 is 12.7. The molecule has 0 fully saturated rings. The molecule has 18 heavy (non-hydrogen) atoms. The van der Waals surface area contributed by atoms with Crippen molar-refractivity contribution in [2.45, 2.75) is 0 Å². The second kappa shape index (κ2) is 5.01. The Morgan fingerprint density at radius 1 is 1.33 bits per heavy atom. The van der Waals surface area contributed by atoms with Gasteiger partial charge in [0.25, 0.3) is 5.91 Å². The molecule has 92 valence electrons. The number of carbonyl (C=O) groups excluding carboxylic acids is 1. The molecule has 0 atom stereocenters. The molecule has 1 amide bonds. The number of nitrogen functional groups attached to an aromatic ring is 1. The Morgan fingerprint density at radius 2 is 2.00 bits per heavy atom. The van der Waals surface area contributed by atoms with Gasteiger partial charge in [-0.2, -0.15) is 0 Å². The Bertz CT molecular complexity index is 586. The zero-order valence-corrected chi connectivity index (χ0v) is 9.91. The van der Waals surface area contributed by atoms with E-state index in [0.29, 0.717) is 11.4 Å².